The molecular weight excluding hydrogens is 353 g/mol. The molecule has 0 aliphatic carbocycles. The normalized spacial score (nSPS) is 18.5. The standard InChI is InChI=1S/C16H17F3N4O3/c1-2-26-15(25)13-12(20)14(22-8-16(18,19)11(22)7-24)23(21-13)10-5-3-9(17)4-6-10/h3-6,11,24H,2,7-8,20H2,1H3. The van der Waals surface area contributed by atoms with Gasteiger partial charge in [-0.1, -0.05) is 0 Å². The predicted molar refractivity (Wildman–Crippen MR) is 87.1 cm³/mol. The second-order valence-corrected chi connectivity index (χ2v) is 5.78. The third-order valence-corrected chi connectivity index (χ3v) is 4.13. The Labute approximate surface area is 146 Å². The van der Waals surface area contributed by atoms with Crippen molar-refractivity contribution in [2.24, 2.45) is 0 Å². The molecule has 0 radical (unpaired) electrons. The number of halogens is 3. The largest absolute Gasteiger partial charge is 0.461 e. The van der Waals surface area contributed by atoms with Crippen LogP contribution in [0.4, 0.5) is 24.7 Å². The van der Waals surface area contributed by atoms with Crippen molar-refractivity contribution in [1.29, 1.82) is 0 Å². The predicted octanol–water partition coefficient (Wildman–Crippen LogP) is 1.59. The van der Waals surface area contributed by atoms with Gasteiger partial charge in [0.2, 0.25) is 0 Å². The molecule has 1 aliphatic rings. The average molecular weight is 370 g/mol. The van der Waals surface area contributed by atoms with E-state index in [0.29, 0.717) is 5.69 Å². The summed E-state index contributed by atoms with van der Waals surface area (Å²) in [6.07, 6.45) is 0. The van der Waals surface area contributed by atoms with Crippen molar-refractivity contribution in [2.45, 2.75) is 18.9 Å². The van der Waals surface area contributed by atoms with Gasteiger partial charge >= 0.3 is 5.97 Å². The molecule has 26 heavy (non-hydrogen) atoms. The number of nitrogen functional groups attached to an aromatic ring is 1. The van der Waals surface area contributed by atoms with E-state index in [9.17, 15) is 23.1 Å². The van der Waals surface area contributed by atoms with Gasteiger partial charge in [-0.2, -0.15) is 5.10 Å². The summed E-state index contributed by atoms with van der Waals surface area (Å²) in [7, 11) is 0. The van der Waals surface area contributed by atoms with Crippen LogP contribution in [0.15, 0.2) is 24.3 Å². The minimum atomic E-state index is -3.11. The van der Waals surface area contributed by atoms with Crippen molar-refractivity contribution in [3.05, 3.63) is 35.8 Å². The van der Waals surface area contributed by atoms with Crippen LogP contribution in [-0.4, -0.2) is 52.6 Å². The molecule has 7 nitrogen and oxygen atoms in total. The summed E-state index contributed by atoms with van der Waals surface area (Å²) in [5.74, 6) is -4.39. The van der Waals surface area contributed by atoms with E-state index in [1.54, 1.807) is 6.92 Å². The Balaban J connectivity index is 2.12. The van der Waals surface area contributed by atoms with Gasteiger partial charge in [-0.25, -0.2) is 22.6 Å². The van der Waals surface area contributed by atoms with Gasteiger partial charge in [0.05, 0.1) is 25.4 Å². The lowest BCUT2D eigenvalue weighted by Crippen LogP contribution is -2.67. The number of nitrogens with zero attached hydrogens (tertiary/aromatic N) is 3. The molecule has 140 valence electrons. The van der Waals surface area contributed by atoms with Gasteiger partial charge in [0.15, 0.2) is 11.5 Å². The molecule has 1 saturated heterocycles. The second-order valence-electron chi connectivity index (χ2n) is 5.78. The molecular formula is C16H17F3N4O3. The number of carbonyl (C=O) groups excluding carboxylic acids is 1. The van der Waals surface area contributed by atoms with Gasteiger partial charge in [-0.15, -0.1) is 0 Å². The summed E-state index contributed by atoms with van der Waals surface area (Å²) < 4.78 is 46.7. The Hall–Kier alpha value is -2.75. The molecule has 10 heteroatoms. The van der Waals surface area contributed by atoms with Crippen LogP contribution in [0.3, 0.4) is 0 Å². The number of esters is 1. The van der Waals surface area contributed by atoms with Gasteiger partial charge in [-0.3, -0.25) is 0 Å². The fourth-order valence-corrected chi connectivity index (χ4v) is 2.82. The third kappa shape index (κ3) is 2.85. The van der Waals surface area contributed by atoms with Crippen molar-refractivity contribution in [3.8, 4) is 5.69 Å². The average Bonchev–Trinajstić information content (AvgIpc) is 2.91. The number of hydrogen-bond acceptors (Lipinski definition) is 6. The van der Waals surface area contributed by atoms with E-state index < -0.39 is 36.9 Å². The van der Waals surface area contributed by atoms with Crippen LogP contribution >= 0.6 is 0 Å². The van der Waals surface area contributed by atoms with Gasteiger partial charge < -0.3 is 20.5 Å². The summed E-state index contributed by atoms with van der Waals surface area (Å²) >= 11 is 0. The highest BCUT2D eigenvalue weighted by Crippen LogP contribution is 2.42. The number of rotatable bonds is 5. The number of anilines is 2. The number of hydrogen-bond donors (Lipinski definition) is 2. The molecule has 3 rings (SSSR count). The highest BCUT2D eigenvalue weighted by atomic mass is 19.3. The van der Waals surface area contributed by atoms with E-state index in [2.05, 4.69) is 5.10 Å². The van der Waals surface area contributed by atoms with Gasteiger partial charge in [0, 0.05) is 0 Å². The zero-order valence-electron chi connectivity index (χ0n) is 13.8. The molecule has 1 atom stereocenters. The first-order valence-corrected chi connectivity index (χ1v) is 7.87. The van der Waals surface area contributed by atoms with Crippen LogP contribution in [0.5, 0.6) is 0 Å². The van der Waals surface area contributed by atoms with E-state index in [1.807, 2.05) is 0 Å². The Morgan fingerprint density at radius 1 is 1.42 bits per heavy atom. The van der Waals surface area contributed by atoms with Crippen LogP contribution in [0.1, 0.15) is 17.4 Å². The summed E-state index contributed by atoms with van der Waals surface area (Å²) in [6, 6.07) is 3.55. The molecule has 3 N–H and O–H groups in total. The molecule has 1 unspecified atom stereocenters. The molecule has 1 aromatic heterocycles. The molecule has 1 fully saturated rings. The van der Waals surface area contributed by atoms with Crippen LogP contribution in [-0.2, 0) is 4.74 Å². The molecule has 0 spiro atoms. The van der Waals surface area contributed by atoms with Crippen LogP contribution in [0, 0.1) is 5.82 Å². The highest BCUT2D eigenvalue weighted by molar-refractivity contribution is 5.96. The monoisotopic (exact) mass is 370 g/mol. The van der Waals surface area contributed by atoms with E-state index in [4.69, 9.17) is 10.5 Å². The third-order valence-electron chi connectivity index (χ3n) is 4.13. The van der Waals surface area contributed by atoms with E-state index >= 15 is 0 Å². The van der Waals surface area contributed by atoms with Crippen molar-refractivity contribution >= 4 is 17.5 Å². The number of ether oxygens (including phenoxy) is 1. The van der Waals surface area contributed by atoms with Crippen molar-refractivity contribution < 1.29 is 27.8 Å². The maximum atomic E-state index is 13.7. The Kier molecular flexibility index (Phi) is 4.53. The summed E-state index contributed by atoms with van der Waals surface area (Å²) in [4.78, 5) is 13.2. The first kappa shape index (κ1) is 18.1. The molecule has 0 saturated carbocycles. The summed E-state index contributed by atoms with van der Waals surface area (Å²) in [5, 5.41) is 13.4. The number of alkyl halides is 2. The SMILES string of the molecule is CCOC(=O)c1nn(-c2ccc(F)cc2)c(N2CC(F)(F)C2CO)c1N. The number of nitrogens with two attached hydrogens (primary N) is 1. The quantitative estimate of drug-likeness (QED) is 0.777. The smallest absolute Gasteiger partial charge is 0.361 e. The van der Waals surface area contributed by atoms with Crippen LogP contribution in [0.25, 0.3) is 5.69 Å². The number of aliphatic hydroxyl groups excluding tert-OH is 1. The number of carbonyl (C=O) groups is 1. The summed E-state index contributed by atoms with van der Waals surface area (Å²) in [5.41, 5.74) is 5.92. The number of benzene rings is 1. The lowest BCUT2D eigenvalue weighted by atomic mass is 9.98. The Morgan fingerprint density at radius 3 is 2.62 bits per heavy atom. The fourth-order valence-electron chi connectivity index (χ4n) is 2.82. The maximum Gasteiger partial charge on any atom is 0.361 e. The second kappa shape index (κ2) is 6.52. The minimum Gasteiger partial charge on any atom is -0.461 e. The van der Waals surface area contributed by atoms with Crippen LogP contribution < -0.4 is 10.6 Å². The molecule has 2 heterocycles. The molecule has 1 aliphatic heterocycles. The zero-order chi connectivity index (χ0) is 19.1. The molecule has 2 aromatic rings. The lowest BCUT2D eigenvalue weighted by molar-refractivity contribution is -0.0856. The lowest BCUT2D eigenvalue weighted by Gasteiger charge is -2.47. The first-order valence-electron chi connectivity index (χ1n) is 7.87. The molecule has 0 bridgehead atoms. The van der Waals surface area contributed by atoms with Gasteiger partial charge in [0.25, 0.3) is 5.92 Å². The maximum absolute atomic E-state index is 13.7. The van der Waals surface area contributed by atoms with Crippen LogP contribution in [0.2, 0.25) is 0 Å². The van der Waals surface area contributed by atoms with Crippen molar-refractivity contribution in [2.75, 3.05) is 30.4 Å². The van der Waals surface area contributed by atoms with E-state index in [0.717, 1.165) is 17.0 Å². The molecule has 1 aromatic carbocycles. The summed E-state index contributed by atoms with van der Waals surface area (Å²) in [6.45, 7) is 0.176. The number of aromatic nitrogens is 2. The highest BCUT2D eigenvalue weighted by Gasteiger charge is 2.56. The van der Waals surface area contributed by atoms with E-state index in [1.165, 1.54) is 16.8 Å². The van der Waals surface area contributed by atoms with Crippen molar-refractivity contribution in [1.82, 2.24) is 9.78 Å². The Bertz CT molecular complexity index is 823. The minimum absolute atomic E-state index is 0.0182. The first-order chi connectivity index (χ1) is 12.3. The van der Waals surface area contributed by atoms with E-state index in [-0.39, 0.29) is 23.8 Å². The van der Waals surface area contributed by atoms with Crippen molar-refractivity contribution in [3.63, 3.8) is 0 Å². The van der Waals surface area contributed by atoms with Gasteiger partial charge in [0.1, 0.15) is 17.5 Å². The number of aliphatic hydroxyl groups is 1. The van der Waals surface area contributed by atoms with Gasteiger partial charge in [-0.05, 0) is 31.2 Å². The fraction of sp³-hybridized carbons (Fsp3) is 0.375. The molecule has 0 amide bonds. The topological polar surface area (TPSA) is 93.6 Å². The zero-order valence-corrected chi connectivity index (χ0v) is 13.8. The Morgan fingerprint density at radius 2 is 2.08 bits per heavy atom.